The Balaban J connectivity index is 2.88. The smallest absolute Gasteiger partial charge is 0.0302 e. The van der Waals surface area contributed by atoms with E-state index in [0.29, 0.717) is 6.04 Å². The van der Waals surface area contributed by atoms with E-state index in [1.165, 1.54) is 27.1 Å². The van der Waals surface area contributed by atoms with Crippen molar-refractivity contribution >= 4 is 27.7 Å². The van der Waals surface area contributed by atoms with Crippen molar-refractivity contribution < 1.29 is 0 Å². The number of hydrogen-bond acceptors (Lipinski definition) is 2. The van der Waals surface area contributed by atoms with Gasteiger partial charge in [-0.2, -0.15) is 0 Å². The molecule has 1 N–H and O–H groups in total. The largest absolute Gasteiger partial charge is 0.310 e. The Labute approximate surface area is 112 Å². The molecule has 0 saturated heterocycles. The quantitative estimate of drug-likeness (QED) is 0.769. The van der Waals surface area contributed by atoms with Crippen LogP contribution in [0.4, 0.5) is 0 Å². The molecule has 1 aromatic rings. The zero-order valence-corrected chi connectivity index (χ0v) is 12.6. The van der Waals surface area contributed by atoms with Crippen molar-refractivity contribution in [2.24, 2.45) is 0 Å². The van der Waals surface area contributed by atoms with Crippen molar-refractivity contribution in [3.63, 3.8) is 0 Å². The summed E-state index contributed by atoms with van der Waals surface area (Å²) in [5.41, 5.74) is 1.41. The first-order valence-electron chi connectivity index (χ1n) is 5.84. The molecule has 0 fully saturated rings. The Kier molecular flexibility index (Phi) is 6.47. The maximum Gasteiger partial charge on any atom is 0.0302 e. The molecule has 0 aromatic heterocycles. The third-order valence-electron chi connectivity index (χ3n) is 2.41. The first-order chi connectivity index (χ1) is 7.69. The Morgan fingerprint density at radius 1 is 1.38 bits per heavy atom. The fraction of sp³-hybridized carbons (Fsp3) is 0.538. The van der Waals surface area contributed by atoms with E-state index in [9.17, 15) is 0 Å². The third-order valence-corrected chi connectivity index (χ3v) is 4.18. The molecule has 0 amide bonds. The molecule has 0 heterocycles. The Morgan fingerprint density at radius 2 is 2.12 bits per heavy atom. The van der Waals surface area contributed by atoms with Gasteiger partial charge in [-0.05, 0) is 43.3 Å². The minimum Gasteiger partial charge on any atom is -0.310 e. The minimum absolute atomic E-state index is 0.428. The van der Waals surface area contributed by atoms with E-state index in [1.807, 2.05) is 11.8 Å². The van der Waals surface area contributed by atoms with Crippen LogP contribution >= 0.6 is 27.7 Å². The van der Waals surface area contributed by atoms with Crippen LogP contribution in [0.2, 0.25) is 0 Å². The summed E-state index contributed by atoms with van der Waals surface area (Å²) in [6.45, 7) is 7.60. The van der Waals surface area contributed by atoms with Crippen molar-refractivity contribution in [1.29, 1.82) is 0 Å². The molecule has 0 saturated carbocycles. The van der Waals surface area contributed by atoms with Crippen molar-refractivity contribution in [2.45, 2.75) is 38.1 Å². The van der Waals surface area contributed by atoms with Crippen LogP contribution < -0.4 is 5.32 Å². The van der Waals surface area contributed by atoms with E-state index in [1.54, 1.807) is 0 Å². The van der Waals surface area contributed by atoms with Gasteiger partial charge in [-0.3, -0.25) is 0 Å². The van der Waals surface area contributed by atoms with E-state index in [0.717, 1.165) is 6.54 Å². The van der Waals surface area contributed by atoms with Crippen molar-refractivity contribution in [2.75, 3.05) is 12.3 Å². The maximum atomic E-state index is 3.54. The second-order valence-electron chi connectivity index (χ2n) is 3.81. The predicted octanol–water partition coefficient (Wildman–Crippen LogP) is 4.62. The summed E-state index contributed by atoms with van der Waals surface area (Å²) >= 11 is 5.49. The van der Waals surface area contributed by atoms with Crippen molar-refractivity contribution in [3.8, 4) is 0 Å². The summed E-state index contributed by atoms with van der Waals surface area (Å²) < 4.78 is 1.17. The molecule has 1 rings (SSSR count). The van der Waals surface area contributed by atoms with Crippen LogP contribution in [0.3, 0.4) is 0 Å². The maximum absolute atomic E-state index is 3.54. The fourth-order valence-corrected chi connectivity index (χ4v) is 3.18. The normalized spacial score (nSPS) is 12.8. The number of nitrogens with one attached hydrogen (secondary N) is 1. The minimum atomic E-state index is 0.428. The number of halogens is 1. The SMILES string of the molecule is CCCSc1cc(Br)ccc1C(C)NCC. The summed E-state index contributed by atoms with van der Waals surface area (Å²) in [6.07, 6.45) is 1.21. The number of benzene rings is 1. The molecular weight excluding hydrogens is 282 g/mol. The van der Waals surface area contributed by atoms with Crippen LogP contribution in [0, 0.1) is 0 Å². The van der Waals surface area contributed by atoms with Crippen LogP contribution in [0.5, 0.6) is 0 Å². The average molecular weight is 302 g/mol. The highest BCUT2D eigenvalue weighted by Crippen LogP contribution is 2.30. The highest BCUT2D eigenvalue weighted by atomic mass is 79.9. The van der Waals surface area contributed by atoms with Gasteiger partial charge in [0.15, 0.2) is 0 Å². The molecule has 0 aliphatic rings. The number of hydrogen-bond donors (Lipinski definition) is 1. The third kappa shape index (κ3) is 4.11. The first kappa shape index (κ1) is 14.1. The molecule has 90 valence electrons. The van der Waals surface area contributed by atoms with Gasteiger partial charge in [0.2, 0.25) is 0 Å². The molecule has 1 unspecified atom stereocenters. The van der Waals surface area contributed by atoms with Gasteiger partial charge in [-0.25, -0.2) is 0 Å². The molecule has 1 aromatic carbocycles. The zero-order valence-electron chi connectivity index (χ0n) is 10.2. The molecule has 0 aliphatic carbocycles. The number of thioether (sulfide) groups is 1. The second kappa shape index (κ2) is 7.36. The molecule has 3 heteroatoms. The molecule has 0 bridgehead atoms. The van der Waals surface area contributed by atoms with Crippen LogP contribution in [0.1, 0.15) is 38.8 Å². The van der Waals surface area contributed by atoms with Crippen molar-refractivity contribution in [1.82, 2.24) is 5.32 Å². The molecular formula is C13H20BrNS. The van der Waals surface area contributed by atoms with Crippen LogP contribution in [0.15, 0.2) is 27.6 Å². The lowest BCUT2D eigenvalue weighted by molar-refractivity contribution is 0.589. The summed E-state index contributed by atoms with van der Waals surface area (Å²) in [7, 11) is 0. The lowest BCUT2D eigenvalue weighted by atomic mass is 10.1. The van der Waals surface area contributed by atoms with E-state index in [-0.39, 0.29) is 0 Å². The molecule has 1 nitrogen and oxygen atoms in total. The molecule has 0 radical (unpaired) electrons. The zero-order chi connectivity index (χ0) is 12.0. The first-order valence-corrected chi connectivity index (χ1v) is 7.62. The highest BCUT2D eigenvalue weighted by molar-refractivity contribution is 9.10. The topological polar surface area (TPSA) is 12.0 Å². The van der Waals surface area contributed by atoms with Gasteiger partial charge in [0.05, 0.1) is 0 Å². The van der Waals surface area contributed by atoms with E-state index in [4.69, 9.17) is 0 Å². The summed E-state index contributed by atoms with van der Waals surface area (Å²) in [5, 5.41) is 3.47. The van der Waals surface area contributed by atoms with E-state index in [2.05, 4.69) is 60.2 Å². The van der Waals surface area contributed by atoms with Gasteiger partial charge in [0.1, 0.15) is 0 Å². The van der Waals surface area contributed by atoms with Crippen molar-refractivity contribution in [3.05, 3.63) is 28.2 Å². The van der Waals surface area contributed by atoms with Gasteiger partial charge in [-0.15, -0.1) is 11.8 Å². The Morgan fingerprint density at radius 3 is 2.75 bits per heavy atom. The van der Waals surface area contributed by atoms with Crippen LogP contribution in [-0.2, 0) is 0 Å². The molecule has 16 heavy (non-hydrogen) atoms. The van der Waals surface area contributed by atoms with E-state index < -0.39 is 0 Å². The molecule has 0 aliphatic heterocycles. The van der Waals surface area contributed by atoms with E-state index >= 15 is 0 Å². The van der Waals surface area contributed by atoms with Gasteiger partial charge in [-0.1, -0.05) is 35.8 Å². The Hall–Kier alpha value is 0.01000. The highest BCUT2D eigenvalue weighted by Gasteiger charge is 2.10. The average Bonchev–Trinajstić information content (AvgIpc) is 2.26. The fourth-order valence-electron chi connectivity index (χ4n) is 1.62. The van der Waals surface area contributed by atoms with Gasteiger partial charge in [0, 0.05) is 15.4 Å². The van der Waals surface area contributed by atoms with Crippen LogP contribution in [-0.4, -0.2) is 12.3 Å². The molecule has 0 spiro atoms. The van der Waals surface area contributed by atoms with Gasteiger partial charge in [0.25, 0.3) is 0 Å². The Bertz CT molecular complexity index is 328. The summed E-state index contributed by atoms with van der Waals surface area (Å²) in [5.74, 6) is 1.18. The van der Waals surface area contributed by atoms with Crippen LogP contribution in [0.25, 0.3) is 0 Å². The standard InChI is InChI=1S/C13H20BrNS/c1-4-8-16-13-9-11(14)6-7-12(13)10(3)15-5-2/h6-7,9-10,15H,4-5,8H2,1-3H3. The lowest BCUT2D eigenvalue weighted by Crippen LogP contribution is -2.18. The summed E-state index contributed by atoms with van der Waals surface area (Å²) in [6, 6.07) is 7.00. The number of rotatable bonds is 6. The van der Waals surface area contributed by atoms with Gasteiger partial charge < -0.3 is 5.32 Å². The lowest BCUT2D eigenvalue weighted by Gasteiger charge is -2.17. The van der Waals surface area contributed by atoms with Gasteiger partial charge >= 0.3 is 0 Å². The monoisotopic (exact) mass is 301 g/mol. The predicted molar refractivity (Wildman–Crippen MR) is 77.2 cm³/mol. The summed E-state index contributed by atoms with van der Waals surface area (Å²) in [4.78, 5) is 1.39. The second-order valence-corrected chi connectivity index (χ2v) is 5.86. The molecule has 1 atom stereocenters.